The van der Waals surface area contributed by atoms with E-state index in [1.54, 1.807) is 37.3 Å². The van der Waals surface area contributed by atoms with Gasteiger partial charge in [0.2, 0.25) is 9.84 Å². The van der Waals surface area contributed by atoms with Crippen molar-refractivity contribution in [3.05, 3.63) is 83.7 Å². The second kappa shape index (κ2) is 10.4. The van der Waals surface area contributed by atoms with Gasteiger partial charge in [-0.3, -0.25) is 4.79 Å². The molecule has 0 saturated heterocycles. The van der Waals surface area contributed by atoms with E-state index >= 15 is 0 Å². The average Bonchev–Trinajstić information content (AvgIpc) is 2.83. The zero-order chi connectivity index (χ0) is 23.8. The fourth-order valence-electron chi connectivity index (χ4n) is 3.02. The van der Waals surface area contributed by atoms with E-state index in [4.69, 9.17) is 11.0 Å². The number of nitrogens with zero attached hydrogens (tertiary/aromatic N) is 3. The van der Waals surface area contributed by atoms with E-state index in [2.05, 4.69) is 20.6 Å². The van der Waals surface area contributed by atoms with Gasteiger partial charge in [-0.15, -0.1) is 0 Å². The first kappa shape index (κ1) is 23.4. The molecule has 1 aromatic heterocycles. The third-order valence-corrected chi connectivity index (χ3v) is 6.42. The van der Waals surface area contributed by atoms with Gasteiger partial charge in [-0.2, -0.15) is 5.26 Å². The molecule has 3 rings (SSSR count). The van der Waals surface area contributed by atoms with Gasteiger partial charge in [-0.05, 0) is 48.9 Å². The van der Waals surface area contributed by atoms with E-state index in [1.807, 2.05) is 6.07 Å². The predicted octanol–water partition coefficient (Wildman–Crippen LogP) is 2.46. The molecule has 0 aliphatic heterocycles. The lowest BCUT2D eigenvalue weighted by molar-refractivity contribution is 0.0955. The van der Waals surface area contributed by atoms with Gasteiger partial charge in [0.1, 0.15) is 11.8 Å². The first-order chi connectivity index (χ1) is 15.8. The number of aromatic nitrogens is 1. The summed E-state index contributed by atoms with van der Waals surface area (Å²) in [6.07, 6.45) is 1.46. The molecular weight excluding hydrogens is 440 g/mol. The van der Waals surface area contributed by atoms with Crippen molar-refractivity contribution in [3.63, 3.8) is 0 Å². The third-order valence-electron chi connectivity index (χ3n) is 4.57. The predicted molar refractivity (Wildman–Crippen MR) is 124 cm³/mol. The smallest absolute Gasteiger partial charge is 0.251 e. The molecule has 9 nitrogen and oxygen atoms in total. The lowest BCUT2D eigenvalue weighted by atomic mass is 10.2. The Morgan fingerprint density at radius 2 is 1.94 bits per heavy atom. The number of guanidine groups is 1. The summed E-state index contributed by atoms with van der Waals surface area (Å²) in [5.41, 5.74) is 7.40. The van der Waals surface area contributed by atoms with E-state index < -0.39 is 9.84 Å². The Bertz CT molecular complexity index is 1350. The van der Waals surface area contributed by atoms with Crippen molar-refractivity contribution in [2.45, 2.75) is 23.3 Å². The molecule has 1 heterocycles. The Labute approximate surface area is 191 Å². The Kier molecular flexibility index (Phi) is 7.38. The fourth-order valence-corrected chi connectivity index (χ4v) is 4.55. The van der Waals surface area contributed by atoms with E-state index in [0.29, 0.717) is 17.8 Å². The van der Waals surface area contributed by atoms with Crippen molar-refractivity contribution in [3.8, 4) is 6.07 Å². The molecule has 1 amide bonds. The molecule has 2 aromatic carbocycles. The topological polar surface area (TPSA) is 150 Å². The van der Waals surface area contributed by atoms with Crippen LogP contribution in [0.5, 0.6) is 0 Å². The lowest BCUT2D eigenvalue weighted by Gasteiger charge is -2.11. The van der Waals surface area contributed by atoms with Gasteiger partial charge in [-0.25, -0.2) is 18.4 Å². The molecule has 0 aliphatic carbocycles. The maximum Gasteiger partial charge on any atom is 0.251 e. The first-order valence-corrected chi connectivity index (χ1v) is 11.5. The van der Waals surface area contributed by atoms with E-state index in [1.165, 1.54) is 36.5 Å². The molecule has 0 radical (unpaired) electrons. The van der Waals surface area contributed by atoms with Gasteiger partial charge in [-0.1, -0.05) is 24.3 Å². The van der Waals surface area contributed by atoms with Crippen molar-refractivity contribution in [1.29, 1.82) is 5.26 Å². The Hall–Kier alpha value is -4.23. The largest absolute Gasteiger partial charge is 0.370 e. The van der Waals surface area contributed by atoms with E-state index in [-0.39, 0.29) is 39.5 Å². The van der Waals surface area contributed by atoms with Crippen molar-refractivity contribution in [1.82, 2.24) is 10.3 Å². The van der Waals surface area contributed by atoms with Crippen LogP contribution in [-0.2, 0) is 16.4 Å². The summed E-state index contributed by atoms with van der Waals surface area (Å²) >= 11 is 0. The quantitative estimate of drug-likeness (QED) is 0.360. The molecule has 0 aliphatic rings. The SMILES string of the molecule is CCNC(=O)c1cccc(S(=O)(=O)c2ccccc2CN=C(N)Nc2ccnc(C#N)c2)c1. The van der Waals surface area contributed by atoms with Crippen LogP contribution in [0.3, 0.4) is 0 Å². The minimum absolute atomic E-state index is 0.000435. The zero-order valence-corrected chi connectivity index (χ0v) is 18.6. The van der Waals surface area contributed by atoms with Crippen molar-refractivity contribution >= 4 is 27.4 Å². The number of nitriles is 1. The van der Waals surface area contributed by atoms with Gasteiger partial charge in [0.15, 0.2) is 5.96 Å². The Morgan fingerprint density at radius 1 is 1.15 bits per heavy atom. The highest BCUT2D eigenvalue weighted by atomic mass is 32.2. The molecule has 0 fully saturated rings. The maximum absolute atomic E-state index is 13.3. The Morgan fingerprint density at radius 3 is 2.70 bits per heavy atom. The van der Waals surface area contributed by atoms with Gasteiger partial charge in [0.05, 0.1) is 16.3 Å². The molecule has 33 heavy (non-hydrogen) atoms. The van der Waals surface area contributed by atoms with Gasteiger partial charge in [0.25, 0.3) is 5.91 Å². The number of pyridine rings is 1. The average molecular weight is 463 g/mol. The van der Waals surface area contributed by atoms with Crippen LogP contribution in [-0.4, -0.2) is 31.8 Å². The number of hydrogen-bond donors (Lipinski definition) is 3. The van der Waals surface area contributed by atoms with Crippen LogP contribution in [0.4, 0.5) is 5.69 Å². The maximum atomic E-state index is 13.3. The van der Waals surface area contributed by atoms with Crippen LogP contribution in [0.2, 0.25) is 0 Å². The van der Waals surface area contributed by atoms with E-state index in [0.717, 1.165) is 0 Å². The third kappa shape index (κ3) is 5.72. The minimum atomic E-state index is -3.91. The van der Waals surface area contributed by atoms with Crippen molar-refractivity contribution in [2.24, 2.45) is 10.7 Å². The van der Waals surface area contributed by atoms with Crippen LogP contribution in [0.1, 0.15) is 28.5 Å². The number of rotatable bonds is 7. The van der Waals surface area contributed by atoms with Gasteiger partial charge >= 0.3 is 0 Å². The molecule has 10 heteroatoms. The number of carbonyl (C=O) groups excluding carboxylic acids is 1. The van der Waals surface area contributed by atoms with Crippen LogP contribution >= 0.6 is 0 Å². The van der Waals surface area contributed by atoms with Crippen LogP contribution < -0.4 is 16.4 Å². The van der Waals surface area contributed by atoms with Gasteiger partial charge in [0, 0.05) is 24.0 Å². The number of anilines is 1. The Balaban J connectivity index is 1.86. The summed E-state index contributed by atoms with van der Waals surface area (Å²) in [5.74, 6) is -0.294. The molecule has 0 unspecified atom stereocenters. The second-order valence-corrected chi connectivity index (χ2v) is 8.78. The highest BCUT2D eigenvalue weighted by Crippen LogP contribution is 2.25. The molecule has 168 valence electrons. The van der Waals surface area contributed by atoms with Crippen molar-refractivity contribution in [2.75, 3.05) is 11.9 Å². The number of amides is 1. The summed E-state index contributed by atoms with van der Waals surface area (Å²) in [7, 11) is -3.91. The summed E-state index contributed by atoms with van der Waals surface area (Å²) in [4.78, 5) is 20.3. The molecule has 0 spiro atoms. The number of nitrogens with two attached hydrogens (primary N) is 1. The molecule has 0 atom stereocenters. The number of hydrogen-bond acceptors (Lipinski definition) is 6. The van der Waals surface area contributed by atoms with Crippen molar-refractivity contribution < 1.29 is 13.2 Å². The highest BCUT2D eigenvalue weighted by Gasteiger charge is 2.22. The number of aliphatic imine (C=N–C) groups is 1. The summed E-state index contributed by atoms with van der Waals surface area (Å²) in [6.45, 7) is 2.22. The lowest BCUT2D eigenvalue weighted by Crippen LogP contribution is -2.23. The number of benzene rings is 2. The van der Waals surface area contributed by atoms with Gasteiger partial charge < -0.3 is 16.4 Å². The summed E-state index contributed by atoms with van der Waals surface area (Å²) in [6, 6.07) is 17.4. The fraction of sp³-hybridized carbons (Fsp3) is 0.130. The minimum Gasteiger partial charge on any atom is -0.370 e. The molecule has 3 aromatic rings. The standard InChI is InChI=1S/C23H22N6O3S/c1-2-26-22(30)16-7-5-8-20(12-16)33(31,32)21-9-4-3-6-17(21)15-28-23(25)29-18-10-11-27-19(13-18)14-24/h3-13H,2,15H2,1H3,(H,26,30)(H3,25,27,28,29). The zero-order valence-electron chi connectivity index (χ0n) is 17.8. The number of nitrogens with one attached hydrogen (secondary N) is 2. The number of carbonyl (C=O) groups is 1. The van der Waals surface area contributed by atoms with Crippen LogP contribution in [0.15, 0.2) is 81.6 Å². The molecule has 0 saturated carbocycles. The van der Waals surface area contributed by atoms with Crippen LogP contribution in [0.25, 0.3) is 0 Å². The molecular formula is C23H22N6O3S. The van der Waals surface area contributed by atoms with Crippen LogP contribution in [0, 0.1) is 11.3 Å². The van der Waals surface area contributed by atoms with E-state index in [9.17, 15) is 13.2 Å². The normalized spacial score (nSPS) is 11.5. The molecule has 4 N–H and O–H groups in total. The highest BCUT2D eigenvalue weighted by molar-refractivity contribution is 7.91. The second-order valence-electron chi connectivity index (χ2n) is 6.87. The summed E-state index contributed by atoms with van der Waals surface area (Å²) in [5, 5.41) is 14.5. The summed E-state index contributed by atoms with van der Waals surface area (Å²) < 4.78 is 26.7. The first-order valence-electron chi connectivity index (χ1n) is 9.99. The molecule has 0 bridgehead atoms. The monoisotopic (exact) mass is 462 g/mol. The number of sulfone groups is 1.